The van der Waals surface area contributed by atoms with Gasteiger partial charge >= 0.3 is 5.97 Å². The molecule has 130 valence electrons. The molecule has 4 rings (SSSR count). The summed E-state index contributed by atoms with van der Waals surface area (Å²) in [6.07, 6.45) is 0.565. The number of hydrogen-bond donors (Lipinski definition) is 2. The second-order valence-corrected chi connectivity index (χ2v) is 6.68. The van der Waals surface area contributed by atoms with Crippen molar-refractivity contribution in [2.75, 3.05) is 18.0 Å². The first-order valence-corrected chi connectivity index (χ1v) is 8.19. The lowest BCUT2D eigenvalue weighted by Crippen LogP contribution is -2.52. The third-order valence-corrected chi connectivity index (χ3v) is 5.11. The quantitative estimate of drug-likeness (QED) is 0.747. The fourth-order valence-electron chi connectivity index (χ4n) is 3.58. The minimum absolute atomic E-state index is 0.221. The molecule has 3 heterocycles. The van der Waals surface area contributed by atoms with Crippen LogP contribution in [0.2, 0.25) is 0 Å². The van der Waals surface area contributed by atoms with E-state index in [0.29, 0.717) is 31.6 Å². The molecule has 8 nitrogen and oxygen atoms in total. The Morgan fingerprint density at radius 2 is 1.96 bits per heavy atom. The van der Waals surface area contributed by atoms with Crippen LogP contribution in [0, 0.1) is 5.92 Å². The van der Waals surface area contributed by atoms with Gasteiger partial charge in [-0.05, 0) is 24.1 Å². The lowest BCUT2D eigenvalue weighted by molar-refractivity contribution is -0.142. The van der Waals surface area contributed by atoms with Gasteiger partial charge in [-0.1, -0.05) is 6.07 Å². The number of nitrogens with zero attached hydrogens (tertiary/aromatic N) is 2. The third kappa shape index (κ3) is 2.54. The molecule has 0 spiro atoms. The van der Waals surface area contributed by atoms with Gasteiger partial charge in [0.1, 0.15) is 6.04 Å². The fraction of sp³-hybridized carbons (Fsp3) is 0.412. The summed E-state index contributed by atoms with van der Waals surface area (Å²) in [5, 5.41) is 11.2. The smallest absolute Gasteiger partial charge is 0.310 e. The predicted octanol–water partition coefficient (Wildman–Crippen LogP) is -0.0316. The van der Waals surface area contributed by atoms with Crippen molar-refractivity contribution in [2.45, 2.75) is 25.4 Å². The molecule has 2 saturated heterocycles. The molecule has 3 amide bonds. The second-order valence-electron chi connectivity index (χ2n) is 6.68. The molecule has 8 heteroatoms. The van der Waals surface area contributed by atoms with Gasteiger partial charge in [0.2, 0.25) is 11.8 Å². The van der Waals surface area contributed by atoms with Crippen LogP contribution >= 0.6 is 0 Å². The van der Waals surface area contributed by atoms with Crippen molar-refractivity contribution in [3.05, 3.63) is 29.3 Å². The molecule has 1 atom stereocenters. The van der Waals surface area contributed by atoms with Crippen LogP contribution in [0.25, 0.3) is 0 Å². The number of aliphatic carboxylic acids is 1. The van der Waals surface area contributed by atoms with Gasteiger partial charge in [-0.15, -0.1) is 0 Å². The molecule has 1 aromatic rings. The minimum atomic E-state index is -0.808. The number of imide groups is 1. The van der Waals surface area contributed by atoms with Gasteiger partial charge in [0.25, 0.3) is 5.91 Å². The summed E-state index contributed by atoms with van der Waals surface area (Å²) in [6.45, 7) is 1.21. The average molecular weight is 343 g/mol. The van der Waals surface area contributed by atoms with E-state index in [-0.39, 0.29) is 24.2 Å². The first-order chi connectivity index (χ1) is 11.9. The molecule has 0 aromatic heterocycles. The molecular formula is C17H17N3O5. The van der Waals surface area contributed by atoms with Crippen LogP contribution in [0.3, 0.4) is 0 Å². The number of carboxylic acid groups (broad SMARTS) is 1. The topological polar surface area (TPSA) is 107 Å². The first kappa shape index (κ1) is 15.6. The minimum Gasteiger partial charge on any atom is -0.481 e. The summed E-state index contributed by atoms with van der Waals surface area (Å²) < 4.78 is 0. The molecular weight excluding hydrogens is 326 g/mol. The van der Waals surface area contributed by atoms with Gasteiger partial charge in [-0.3, -0.25) is 24.5 Å². The van der Waals surface area contributed by atoms with Crippen LogP contribution in [0.5, 0.6) is 0 Å². The molecule has 0 saturated carbocycles. The Morgan fingerprint density at radius 1 is 1.20 bits per heavy atom. The molecule has 1 aromatic carbocycles. The van der Waals surface area contributed by atoms with Crippen molar-refractivity contribution in [1.29, 1.82) is 0 Å². The summed E-state index contributed by atoms with van der Waals surface area (Å²) in [7, 11) is 0. The lowest BCUT2D eigenvalue weighted by atomic mass is 9.98. The molecule has 2 fully saturated rings. The number of fused-ring (bicyclic) bond motifs is 1. The number of carbonyl (C=O) groups excluding carboxylic acids is 3. The third-order valence-electron chi connectivity index (χ3n) is 5.11. The van der Waals surface area contributed by atoms with Crippen LogP contribution in [0.1, 0.15) is 28.8 Å². The Bertz CT molecular complexity index is 799. The van der Waals surface area contributed by atoms with Crippen LogP contribution in [-0.4, -0.2) is 52.8 Å². The average Bonchev–Trinajstić information content (AvgIpc) is 2.82. The van der Waals surface area contributed by atoms with E-state index in [0.717, 1.165) is 11.3 Å². The number of carboxylic acids is 1. The van der Waals surface area contributed by atoms with Crippen LogP contribution in [0.4, 0.5) is 5.69 Å². The van der Waals surface area contributed by atoms with Gasteiger partial charge in [0, 0.05) is 37.3 Å². The van der Waals surface area contributed by atoms with Crippen molar-refractivity contribution in [3.8, 4) is 0 Å². The van der Waals surface area contributed by atoms with Gasteiger partial charge in [0.15, 0.2) is 0 Å². The zero-order chi connectivity index (χ0) is 17.7. The first-order valence-electron chi connectivity index (χ1n) is 8.19. The summed E-state index contributed by atoms with van der Waals surface area (Å²) in [6, 6.07) is 4.86. The van der Waals surface area contributed by atoms with Crippen molar-refractivity contribution >= 4 is 29.4 Å². The van der Waals surface area contributed by atoms with Crippen LogP contribution in [0.15, 0.2) is 18.2 Å². The van der Waals surface area contributed by atoms with Crippen LogP contribution < -0.4 is 10.2 Å². The zero-order valence-corrected chi connectivity index (χ0v) is 13.4. The summed E-state index contributed by atoms with van der Waals surface area (Å²) in [5.74, 6) is -2.13. The maximum absolute atomic E-state index is 12.7. The molecule has 1 unspecified atom stereocenters. The molecule has 3 aliphatic rings. The molecule has 0 bridgehead atoms. The second kappa shape index (κ2) is 5.58. The van der Waals surface area contributed by atoms with Gasteiger partial charge in [0.05, 0.1) is 5.92 Å². The van der Waals surface area contributed by atoms with Gasteiger partial charge in [-0.25, -0.2) is 0 Å². The number of anilines is 1. The highest BCUT2D eigenvalue weighted by Gasteiger charge is 2.40. The summed E-state index contributed by atoms with van der Waals surface area (Å²) in [4.78, 5) is 50.4. The van der Waals surface area contributed by atoms with E-state index >= 15 is 0 Å². The van der Waals surface area contributed by atoms with E-state index in [1.807, 2.05) is 17.0 Å². The maximum Gasteiger partial charge on any atom is 0.310 e. The number of nitrogens with one attached hydrogen (secondary N) is 1. The predicted molar refractivity (Wildman–Crippen MR) is 85.8 cm³/mol. The van der Waals surface area contributed by atoms with Gasteiger partial charge in [-0.2, -0.15) is 0 Å². The van der Waals surface area contributed by atoms with Crippen LogP contribution in [-0.2, 0) is 20.9 Å². The van der Waals surface area contributed by atoms with Gasteiger partial charge < -0.3 is 14.9 Å². The Kier molecular flexibility index (Phi) is 3.48. The lowest BCUT2D eigenvalue weighted by Gasteiger charge is -2.38. The van der Waals surface area contributed by atoms with E-state index in [1.165, 1.54) is 4.90 Å². The van der Waals surface area contributed by atoms with E-state index in [9.17, 15) is 19.2 Å². The summed E-state index contributed by atoms with van der Waals surface area (Å²) >= 11 is 0. The zero-order valence-electron chi connectivity index (χ0n) is 13.4. The normalized spacial score (nSPS) is 23.4. The van der Waals surface area contributed by atoms with E-state index < -0.39 is 17.9 Å². The summed E-state index contributed by atoms with van der Waals surface area (Å²) in [5.41, 5.74) is 2.20. The Hall–Kier alpha value is -2.90. The van der Waals surface area contributed by atoms with Crippen molar-refractivity contribution in [2.24, 2.45) is 5.92 Å². The maximum atomic E-state index is 12.7. The standard InChI is InChI=1S/C17H17N3O5/c21-14-4-3-13(15(22)18-14)20-8-9-1-2-11(5-12(9)16(20)23)19-6-10(7-19)17(24)25/h1-2,5,10,13H,3-4,6-8H2,(H,24,25)(H,18,21,22). The van der Waals surface area contributed by atoms with E-state index in [2.05, 4.69) is 5.32 Å². The van der Waals surface area contributed by atoms with E-state index in [4.69, 9.17) is 5.11 Å². The molecule has 0 radical (unpaired) electrons. The van der Waals surface area contributed by atoms with Crippen molar-refractivity contribution in [3.63, 3.8) is 0 Å². The number of rotatable bonds is 3. The monoisotopic (exact) mass is 343 g/mol. The highest BCUT2D eigenvalue weighted by Crippen LogP contribution is 2.32. The molecule has 2 N–H and O–H groups in total. The Balaban J connectivity index is 1.51. The molecule has 3 aliphatic heterocycles. The SMILES string of the molecule is O=C1CCC(N2Cc3ccc(N4CC(C(=O)O)C4)cc3C2=O)C(=O)N1. The van der Waals surface area contributed by atoms with Crippen molar-refractivity contribution in [1.82, 2.24) is 10.2 Å². The number of amides is 3. The number of piperidine rings is 1. The highest BCUT2D eigenvalue weighted by atomic mass is 16.4. The fourth-order valence-corrected chi connectivity index (χ4v) is 3.58. The molecule has 25 heavy (non-hydrogen) atoms. The number of benzene rings is 1. The number of hydrogen-bond acceptors (Lipinski definition) is 5. The van der Waals surface area contributed by atoms with Crippen molar-refractivity contribution < 1.29 is 24.3 Å². The van der Waals surface area contributed by atoms with E-state index in [1.54, 1.807) is 6.07 Å². The molecule has 0 aliphatic carbocycles. The number of carbonyl (C=O) groups is 4. The Morgan fingerprint density at radius 3 is 2.64 bits per heavy atom. The Labute approximate surface area is 143 Å². The highest BCUT2D eigenvalue weighted by molar-refractivity contribution is 6.05. The largest absolute Gasteiger partial charge is 0.481 e.